The highest BCUT2D eigenvalue weighted by Gasteiger charge is 2.10. The highest BCUT2D eigenvalue weighted by Crippen LogP contribution is 2.18. The molecular weight excluding hydrogens is 186 g/mol. The summed E-state index contributed by atoms with van der Waals surface area (Å²) in [4.78, 5) is 6.55. The van der Waals surface area contributed by atoms with Crippen molar-refractivity contribution in [2.75, 3.05) is 11.9 Å². The molecule has 3 nitrogen and oxygen atoms in total. The Hall–Kier alpha value is -1.09. The number of nitrogens with zero attached hydrogens (tertiary/aromatic N) is 2. The zero-order valence-electron chi connectivity index (χ0n) is 10.1. The van der Waals surface area contributed by atoms with Gasteiger partial charge in [0.05, 0.1) is 0 Å². The largest absolute Gasteiger partial charge is 0.357 e. The van der Waals surface area contributed by atoms with Crippen LogP contribution in [0.4, 0.5) is 5.82 Å². The van der Waals surface area contributed by atoms with Crippen LogP contribution in [-0.4, -0.2) is 18.1 Å². The molecule has 0 aliphatic heterocycles. The molecule has 0 aromatic carbocycles. The smallest absolute Gasteiger partial charge is 0.128 e. The lowest BCUT2D eigenvalue weighted by Crippen LogP contribution is -2.28. The van der Waals surface area contributed by atoms with Crippen LogP contribution in [0.15, 0.2) is 18.3 Å². The highest BCUT2D eigenvalue weighted by atomic mass is 15.2. The third kappa shape index (κ3) is 2.93. The van der Waals surface area contributed by atoms with Gasteiger partial charge >= 0.3 is 0 Å². The van der Waals surface area contributed by atoms with Crippen LogP contribution in [0, 0.1) is 0 Å². The molecule has 1 aromatic heterocycles. The van der Waals surface area contributed by atoms with Crippen molar-refractivity contribution in [2.24, 2.45) is 5.73 Å². The molecule has 0 spiro atoms. The standard InChI is InChI=1S/C12H21N3/c1-5-9(2)15(4)12-8-11(10(3)13)6-7-14-12/h6-10H,5,13H2,1-4H3/t9?,10-/m1/s1. The lowest BCUT2D eigenvalue weighted by atomic mass is 10.1. The molecule has 0 radical (unpaired) electrons. The molecule has 0 fully saturated rings. The highest BCUT2D eigenvalue weighted by molar-refractivity contribution is 5.41. The predicted molar refractivity (Wildman–Crippen MR) is 65.0 cm³/mol. The van der Waals surface area contributed by atoms with E-state index in [9.17, 15) is 0 Å². The van der Waals surface area contributed by atoms with Crippen LogP contribution >= 0.6 is 0 Å². The Morgan fingerprint density at radius 1 is 1.47 bits per heavy atom. The maximum atomic E-state index is 5.85. The predicted octanol–water partition coefficient (Wildman–Crippen LogP) is 2.34. The lowest BCUT2D eigenvalue weighted by Gasteiger charge is -2.25. The Bertz CT molecular complexity index is 309. The van der Waals surface area contributed by atoms with Gasteiger partial charge in [0, 0.05) is 25.3 Å². The van der Waals surface area contributed by atoms with Gasteiger partial charge in [0.25, 0.3) is 0 Å². The maximum absolute atomic E-state index is 5.85. The fraction of sp³-hybridized carbons (Fsp3) is 0.583. The average Bonchev–Trinajstić information content (AvgIpc) is 2.27. The van der Waals surface area contributed by atoms with Crippen LogP contribution in [0.3, 0.4) is 0 Å². The van der Waals surface area contributed by atoms with E-state index in [1.165, 1.54) is 0 Å². The molecule has 1 rings (SSSR count). The van der Waals surface area contributed by atoms with Crippen molar-refractivity contribution < 1.29 is 0 Å². The van der Waals surface area contributed by atoms with Crippen LogP contribution in [0.2, 0.25) is 0 Å². The van der Waals surface area contributed by atoms with Crippen LogP contribution in [0.25, 0.3) is 0 Å². The Morgan fingerprint density at radius 2 is 2.13 bits per heavy atom. The van der Waals surface area contributed by atoms with Crippen molar-refractivity contribution in [2.45, 2.75) is 39.3 Å². The Morgan fingerprint density at radius 3 is 2.67 bits per heavy atom. The van der Waals surface area contributed by atoms with E-state index in [-0.39, 0.29) is 6.04 Å². The molecule has 0 saturated carbocycles. The van der Waals surface area contributed by atoms with Crippen LogP contribution in [-0.2, 0) is 0 Å². The third-order valence-electron chi connectivity index (χ3n) is 2.91. The van der Waals surface area contributed by atoms with Crippen molar-refractivity contribution in [3.8, 4) is 0 Å². The van der Waals surface area contributed by atoms with Gasteiger partial charge in [0.15, 0.2) is 0 Å². The molecule has 3 heteroatoms. The summed E-state index contributed by atoms with van der Waals surface area (Å²) in [5, 5.41) is 0. The van der Waals surface area contributed by atoms with E-state index in [1.807, 2.05) is 19.2 Å². The maximum Gasteiger partial charge on any atom is 0.128 e. The fourth-order valence-electron chi connectivity index (χ4n) is 1.41. The van der Waals surface area contributed by atoms with Crippen LogP contribution < -0.4 is 10.6 Å². The first kappa shape index (κ1) is 12.0. The first-order valence-corrected chi connectivity index (χ1v) is 5.50. The molecular formula is C12H21N3. The minimum atomic E-state index is 0.0667. The molecule has 15 heavy (non-hydrogen) atoms. The minimum absolute atomic E-state index is 0.0667. The van der Waals surface area contributed by atoms with Crippen molar-refractivity contribution >= 4 is 5.82 Å². The van der Waals surface area contributed by atoms with Gasteiger partial charge in [0.1, 0.15) is 5.82 Å². The first-order chi connectivity index (χ1) is 7.06. The summed E-state index contributed by atoms with van der Waals surface area (Å²) >= 11 is 0. The molecule has 2 atom stereocenters. The monoisotopic (exact) mass is 207 g/mol. The van der Waals surface area contributed by atoms with Crippen molar-refractivity contribution in [3.05, 3.63) is 23.9 Å². The topological polar surface area (TPSA) is 42.1 Å². The molecule has 0 saturated heterocycles. The summed E-state index contributed by atoms with van der Waals surface area (Å²) in [7, 11) is 2.07. The summed E-state index contributed by atoms with van der Waals surface area (Å²) in [6.07, 6.45) is 2.94. The molecule has 0 amide bonds. The average molecular weight is 207 g/mol. The normalized spacial score (nSPS) is 14.7. The van der Waals surface area contributed by atoms with E-state index in [2.05, 4.69) is 36.8 Å². The summed E-state index contributed by atoms with van der Waals surface area (Å²) < 4.78 is 0. The molecule has 0 aliphatic rings. The van der Waals surface area contributed by atoms with E-state index in [0.717, 1.165) is 17.8 Å². The zero-order chi connectivity index (χ0) is 11.4. The second-order valence-electron chi connectivity index (χ2n) is 4.10. The molecule has 1 aromatic rings. The van der Waals surface area contributed by atoms with E-state index >= 15 is 0 Å². The second kappa shape index (κ2) is 5.12. The van der Waals surface area contributed by atoms with Gasteiger partial charge in [-0.15, -0.1) is 0 Å². The van der Waals surface area contributed by atoms with E-state index in [4.69, 9.17) is 5.73 Å². The van der Waals surface area contributed by atoms with Gasteiger partial charge in [-0.2, -0.15) is 0 Å². The Labute approximate surface area is 92.3 Å². The fourth-order valence-corrected chi connectivity index (χ4v) is 1.41. The number of aromatic nitrogens is 1. The van der Waals surface area contributed by atoms with E-state index in [0.29, 0.717) is 6.04 Å². The molecule has 0 aliphatic carbocycles. The van der Waals surface area contributed by atoms with E-state index in [1.54, 1.807) is 0 Å². The first-order valence-electron chi connectivity index (χ1n) is 5.50. The summed E-state index contributed by atoms with van der Waals surface area (Å²) in [5.74, 6) is 0.999. The van der Waals surface area contributed by atoms with Gasteiger partial charge in [-0.25, -0.2) is 4.98 Å². The SMILES string of the molecule is CCC(C)N(C)c1cc([C@@H](C)N)ccn1. The number of hydrogen-bond acceptors (Lipinski definition) is 3. The zero-order valence-corrected chi connectivity index (χ0v) is 10.1. The number of nitrogens with two attached hydrogens (primary N) is 1. The number of anilines is 1. The van der Waals surface area contributed by atoms with Crippen LogP contribution in [0.1, 0.15) is 38.8 Å². The van der Waals surface area contributed by atoms with Crippen molar-refractivity contribution in [1.82, 2.24) is 4.98 Å². The van der Waals surface area contributed by atoms with Gasteiger partial charge < -0.3 is 10.6 Å². The summed E-state index contributed by atoms with van der Waals surface area (Å²) in [6, 6.07) is 4.60. The third-order valence-corrected chi connectivity index (χ3v) is 2.91. The van der Waals surface area contributed by atoms with Gasteiger partial charge in [0.2, 0.25) is 0 Å². The lowest BCUT2D eigenvalue weighted by molar-refractivity contribution is 0.655. The van der Waals surface area contributed by atoms with Crippen molar-refractivity contribution in [1.29, 1.82) is 0 Å². The second-order valence-corrected chi connectivity index (χ2v) is 4.10. The number of rotatable bonds is 4. The minimum Gasteiger partial charge on any atom is -0.357 e. The summed E-state index contributed by atoms with van der Waals surface area (Å²) in [5.41, 5.74) is 6.98. The molecule has 2 N–H and O–H groups in total. The van der Waals surface area contributed by atoms with E-state index < -0.39 is 0 Å². The van der Waals surface area contributed by atoms with Gasteiger partial charge in [-0.1, -0.05) is 6.92 Å². The Kier molecular flexibility index (Phi) is 4.09. The Balaban J connectivity index is 2.90. The van der Waals surface area contributed by atoms with Crippen LogP contribution in [0.5, 0.6) is 0 Å². The summed E-state index contributed by atoms with van der Waals surface area (Å²) in [6.45, 7) is 6.36. The quantitative estimate of drug-likeness (QED) is 0.824. The molecule has 0 bridgehead atoms. The van der Waals surface area contributed by atoms with Gasteiger partial charge in [-0.3, -0.25) is 0 Å². The molecule has 1 unspecified atom stereocenters. The number of pyridine rings is 1. The van der Waals surface area contributed by atoms with Crippen molar-refractivity contribution in [3.63, 3.8) is 0 Å². The van der Waals surface area contributed by atoms with Gasteiger partial charge in [-0.05, 0) is 38.0 Å². The number of hydrogen-bond donors (Lipinski definition) is 1. The molecule has 1 heterocycles. The molecule has 84 valence electrons.